The van der Waals surface area contributed by atoms with Crippen molar-refractivity contribution in [1.82, 2.24) is 0 Å². The summed E-state index contributed by atoms with van der Waals surface area (Å²) < 4.78 is 37.4. The first kappa shape index (κ1) is 13.3. The molecule has 0 radical (unpaired) electrons. The predicted octanol–water partition coefficient (Wildman–Crippen LogP) is 1.29. The summed E-state index contributed by atoms with van der Waals surface area (Å²) in [6.45, 7) is 0. The van der Waals surface area contributed by atoms with Gasteiger partial charge in [0.15, 0.2) is 0 Å². The molecule has 4 nitrogen and oxygen atoms in total. The molecule has 1 aromatic rings. The summed E-state index contributed by atoms with van der Waals surface area (Å²) in [5.74, 6) is -1.72. The molecule has 0 bridgehead atoms. The van der Waals surface area contributed by atoms with Gasteiger partial charge in [0, 0.05) is 18.0 Å². The Bertz CT molecular complexity index is 432. The maximum Gasteiger partial charge on any atom is 0.419 e. The number of aromatic hydroxyl groups is 1. The lowest BCUT2D eigenvalue weighted by Gasteiger charge is -2.16. The minimum absolute atomic E-state index is 0.154. The first-order valence-corrected chi connectivity index (χ1v) is 4.66. The van der Waals surface area contributed by atoms with Gasteiger partial charge in [0.25, 0.3) is 0 Å². The van der Waals surface area contributed by atoms with Crippen LogP contribution in [0.3, 0.4) is 0 Å². The fourth-order valence-corrected chi connectivity index (χ4v) is 1.42. The average molecular weight is 248 g/mol. The number of carbonyl (C=O) groups is 1. The monoisotopic (exact) mass is 248 g/mol. The second kappa shape index (κ2) is 4.62. The third-order valence-electron chi connectivity index (χ3n) is 2.19. The van der Waals surface area contributed by atoms with Crippen LogP contribution in [0.4, 0.5) is 13.2 Å². The number of hydrogen-bond acceptors (Lipinski definition) is 3. The van der Waals surface area contributed by atoms with Gasteiger partial charge in [-0.25, -0.2) is 0 Å². The Morgan fingerprint density at radius 1 is 1.41 bits per heavy atom. The number of amides is 1. The van der Waals surface area contributed by atoms with E-state index in [0.29, 0.717) is 0 Å². The highest BCUT2D eigenvalue weighted by atomic mass is 19.4. The molecule has 17 heavy (non-hydrogen) atoms. The van der Waals surface area contributed by atoms with E-state index in [9.17, 15) is 23.1 Å². The highest BCUT2D eigenvalue weighted by Gasteiger charge is 2.35. The topological polar surface area (TPSA) is 89.3 Å². The van der Waals surface area contributed by atoms with Gasteiger partial charge in [-0.05, 0) is 6.07 Å². The summed E-state index contributed by atoms with van der Waals surface area (Å²) in [6, 6.07) is 2.00. The minimum atomic E-state index is -4.67. The lowest BCUT2D eigenvalue weighted by Crippen LogP contribution is -2.21. The lowest BCUT2D eigenvalue weighted by molar-refractivity contribution is -0.138. The van der Waals surface area contributed by atoms with E-state index in [0.717, 1.165) is 12.1 Å². The summed E-state index contributed by atoms with van der Waals surface area (Å²) in [4.78, 5) is 10.6. The quantitative estimate of drug-likeness (QED) is 0.752. The molecule has 1 unspecified atom stereocenters. The first-order chi connectivity index (χ1) is 7.73. The molecular formula is C10H11F3N2O2. The normalized spacial score (nSPS) is 13.4. The predicted molar refractivity (Wildman–Crippen MR) is 53.8 cm³/mol. The summed E-state index contributed by atoms with van der Waals surface area (Å²) in [6.07, 6.45) is -5.01. The van der Waals surface area contributed by atoms with E-state index in [1.807, 2.05) is 0 Å². The fraction of sp³-hybridized carbons (Fsp3) is 0.300. The molecule has 1 amide bonds. The van der Waals surface area contributed by atoms with Crippen LogP contribution in [0, 0.1) is 0 Å². The number of benzene rings is 1. The largest absolute Gasteiger partial charge is 0.507 e. The van der Waals surface area contributed by atoms with Gasteiger partial charge in [-0.3, -0.25) is 4.79 Å². The summed E-state index contributed by atoms with van der Waals surface area (Å²) in [5, 5.41) is 9.46. The van der Waals surface area contributed by atoms with Gasteiger partial charge in [0.05, 0.1) is 5.56 Å². The smallest absolute Gasteiger partial charge is 0.419 e. The van der Waals surface area contributed by atoms with E-state index in [4.69, 9.17) is 11.5 Å². The standard InChI is InChI=1S/C10H11F3N2O2/c11-10(12,13)6-3-1-2-5(9(6)17)7(14)4-8(15)16/h1-3,7,17H,4,14H2,(H2,15,16). The number of carbonyl (C=O) groups excluding carboxylic acids is 1. The van der Waals surface area contributed by atoms with Crippen LogP contribution in [0.1, 0.15) is 23.6 Å². The number of hydrogen-bond donors (Lipinski definition) is 3. The van der Waals surface area contributed by atoms with Gasteiger partial charge in [-0.2, -0.15) is 13.2 Å². The molecule has 7 heteroatoms. The van der Waals surface area contributed by atoms with Gasteiger partial charge in [0.1, 0.15) is 5.75 Å². The van der Waals surface area contributed by atoms with Crippen molar-refractivity contribution in [2.24, 2.45) is 11.5 Å². The minimum Gasteiger partial charge on any atom is -0.507 e. The Hall–Kier alpha value is -1.76. The van der Waals surface area contributed by atoms with E-state index in [1.165, 1.54) is 6.07 Å². The van der Waals surface area contributed by atoms with Crippen molar-refractivity contribution in [2.45, 2.75) is 18.6 Å². The van der Waals surface area contributed by atoms with Gasteiger partial charge >= 0.3 is 6.18 Å². The molecule has 0 fully saturated rings. The summed E-state index contributed by atoms with van der Waals surface area (Å²) in [7, 11) is 0. The maximum absolute atomic E-state index is 12.5. The van der Waals surface area contributed by atoms with Crippen molar-refractivity contribution < 1.29 is 23.1 Å². The molecule has 0 aliphatic carbocycles. The first-order valence-electron chi connectivity index (χ1n) is 4.66. The van der Waals surface area contributed by atoms with Crippen LogP contribution in [-0.2, 0) is 11.0 Å². The van der Waals surface area contributed by atoms with Gasteiger partial charge in [-0.1, -0.05) is 12.1 Å². The molecule has 1 rings (SSSR count). The van der Waals surface area contributed by atoms with Crippen LogP contribution in [0.2, 0.25) is 0 Å². The molecular weight excluding hydrogens is 237 g/mol. The van der Waals surface area contributed by atoms with Gasteiger partial charge in [-0.15, -0.1) is 0 Å². The summed E-state index contributed by atoms with van der Waals surface area (Å²) >= 11 is 0. The molecule has 0 saturated carbocycles. The van der Waals surface area contributed by atoms with Crippen LogP contribution >= 0.6 is 0 Å². The van der Waals surface area contributed by atoms with E-state index >= 15 is 0 Å². The van der Waals surface area contributed by atoms with Crippen LogP contribution in [0.25, 0.3) is 0 Å². The third-order valence-corrected chi connectivity index (χ3v) is 2.19. The van der Waals surface area contributed by atoms with Crippen molar-refractivity contribution >= 4 is 5.91 Å². The average Bonchev–Trinajstić information content (AvgIpc) is 2.14. The number of nitrogens with two attached hydrogens (primary N) is 2. The highest BCUT2D eigenvalue weighted by molar-refractivity contribution is 5.74. The second-order valence-corrected chi connectivity index (χ2v) is 3.52. The van der Waals surface area contributed by atoms with Crippen molar-refractivity contribution in [3.05, 3.63) is 29.3 Å². The zero-order valence-electron chi connectivity index (χ0n) is 8.66. The lowest BCUT2D eigenvalue weighted by atomic mass is 10.00. The Morgan fingerprint density at radius 3 is 2.47 bits per heavy atom. The third kappa shape index (κ3) is 3.10. The number of halogens is 3. The number of alkyl halides is 3. The van der Waals surface area contributed by atoms with Gasteiger partial charge in [0.2, 0.25) is 5.91 Å². The van der Waals surface area contributed by atoms with Crippen LogP contribution in [0.5, 0.6) is 5.75 Å². The van der Waals surface area contributed by atoms with Crippen molar-refractivity contribution in [2.75, 3.05) is 0 Å². The number of phenolic OH excluding ortho intramolecular Hbond substituents is 1. The SMILES string of the molecule is NC(=O)CC(N)c1cccc(C(F)(F)F)c1O. The van der Waals surface area contributed by atoms with E-state index in [1.54, 1.807) is 0 Å². The zero-order chi connectivity index (χ0) is 13.2. The Labute approximate surface area is 95.0 Å². The van der Waals surface area contributed by atoms with Crippen LogP contribution in [-0.4, -0.2) is 11.0 Å². The second-order valence-electron chi connectivity index (χ2n) is 3.52. The van der Waals surface area contributed by atoms with E-state index < -0.39 is 29.4 Å². The van der Waals surface area contributed by atoms with Crippen molar-refractivity contribution in [3.8, 4) is 5.75 Å². The maximum atomic E-state index is 12.5. The van der Waals surface area contributed by atoms with Crippen molar-refractivity contribution in [3.63, 3.8) is 0 Å². The molecule has 94 valence electrons. The number of primary amides is 1. The Morgan fingerprint density at radius 2 is 2.00 bits per heavy atom. The van der Waals surface area contributed by atoms with E-state index in [-0.39, 0.29) is 12.0 Å². The fourth-order valence-electron chi connectivity index (χ4n) is 1.42. The van der Waals surface area contributed by atoms with Crippen molar-refractivity contribution in [1.29, 1.82) is 0 Å². The van der Waals surface area contributed by atoms with Crippen LogP contribution < -0.4 is 11.5 Å². The Kier molecular flexibility index (Phi) is 3.62. The van der Waals surface area contributed by atoms with Crippen LogP contribution in [0.15, 0.2) is 18.2 Å². The van der Waals surface area contributed by atoms with E-state index in [2.05, 4.69) is 0 Å². The molecule has 0 aliphatic heterocycles. The molecule has 0 heterocycles. The molecule has 0 aliphatic rings. The number of phenols is 1. The molecule has 0 spiro atoms. The zero-order valence-corrected chi connectivity index (χ0v) is 8.66. The molecule has 5 N–H and O–H groups in total. The summed E-state index contributed by atoms with van der Waals surface area (Å²) in [5.41, 5.74) is 9.02. The number of rotatable bonds is 3. The molecule has 1 atom stereocenters. The molecule has 0 saturated heterocycles. The molecule has 0 aromatic heterocycles. The highest BCUT2D eigenvalue weighted by Crippen LogP contribution is 2.39. The van der Waals surface area contributed by atoms with Gasteiger partial charge < -0.3 is 16.6 Å². The Balaban J connectivity index is 3.15. The number of para-hydroxylation sites is 1. The molecule has 1 aromatic carbocycles.